The van der Waals surface area contributed by atoms with Gasteiger partial charge in [-0.05, 0) is 41.1 Å². The van der Waals surface area contributed by atoms with E-state index in [2.05, 4.69) is 25.9 Å². The van der Waals surface area contributed by atoms with E-state index in [1.807, 2.05) is 25.1 Å². The molecule has 4 heteroatoms. The molecule has 0 atom stereocenters. The number of aromatic nitrogens is 2. The van der Waals surface area contributed by atoms with Crippen molar-refractivity contribution in [2.75, 3.05) is 6.61 Å². The topological polar surface area (TPSA) is 35.0 Å². The van der Waals surface area contributed by atoms with Crippen molar-refractivity contribution in [1.29, 1.82) is 0 Å². The quantitative estimate of drug-likeness (QED) is 0.808. The average Bonchev–Trinajstić information content (AvgIpc) is 2.29. The van der Waals surface area contributed by atoms with Gasteiger partial charge < -0.3 is 4.74 Å². The number of nitrogens with zero attached hydrogens (tertiary/aromatic N) is 2. The first-order valence-electron chi connectivity index (χ1n) is 4.99. The van der Waals surface area contributed by atoms with Gasteiger partial charge in [0.15, 0.2) is 0 Å². The maximum Gasteiger partial charge on any atom is 0.0850 e. The fourth-order valence-corrected chi connectivity index (χ4v) is 1.67. The number of hydrogen-bond donors (Lipinski definition) is 0. The molecule has 0 aliphatic carbocycles. The van der Waals surface area contributed by atoms with Crippen molar-refractivity contribution in [2.45, 2.75) is 6.92 Å². The summed E-state index contributed by atoms with van der Waals surface area (Å²) in [6, 6.07) is 3.92. The van der Waals surface area contributed by atoms with Crippen LogP contribution in [0.15, 0.2) is 35.3 Å². The van der Waals surface area contributed by atoms with Crippen molar-refractivity contribution in [3.63, 3.8) is 0 Å². The second kappa shape index (κ2) is 5.07. The molecule has 0 unspecified atom stereocenters. The molecule has 0 N–H and O–H groups in total. The fraction of sp³-hybridized carbons (Fsp3) is 0.167. The standard InChI is InChI=1S/C12H11BrN2O/c1-2-16-4-3-11-6-12-9(7-14-11)5-10(13)8-15-12/h3-8H,2H2,1H3. The van der Waals surface area contributed by atoms with Crippen molar-refractivity contribution >= 4 is 32.9 Å². The Bertz CT molecular complexity index is 525. The average molecular weight is 279 g/mol. The zero-order valence-electron chi connectivity index (χ0n) is 8.85. The minimum Gasteiger partial charge on any atom is -0.501 e. The van der Waals surface area contributed by atoms with Crippen molar-refractivity contribution in [3.05, 3.63) is 41.0 Å². The minimum absolute atomic E-state index is 0.662. The Balaban J connectivity index is 2.33. The van der Waals surface area contributed by atoms with E-state index in [0.717, 1.165) is 21.1 Å². The van der Waals surface area contributed by atoms with E-state index in [1.165, 1.54) is 0 Å². The number of rotatable bonds is 3. The number of pyridine rings is 2. The van der Waals surface area contributed by atoms with Gasteiger partial charge in [0.25, 0.3) is 0 Å². The number of hydrogen-bond acceptors (Lipinski definition) is 3. The third kappa shape index (κ3) is 2.58. The molecule has 0 spiro atoms. The lowest BCUT2D eigenvalue weighted by atomic mass is 10.2. The maximum atomic E-state index is 5.12. The van der Waals surface area contributed by atoms with Crippen LogP contribution in [-0.2, 0) is 4.74 Å². The van der Waals surface area contributed by atoms with E-state index in [-0.39, 0.29) is 0 Å². The van der Waals surface area contributed by atoms with Crippen molar-refractivity contribution in [2.24, 2.45) is 0 Å². The van der Waals surface area contributed by atoms with Gasteiger partial charge in [-0.25, -0.2) is 0 Å². The van der Waals surface area contributed by atoms with Gasteiger partial charge in [0.05, 0.1) is 24.1 Å². The Labute approximate surface area is 102 Å². The van der Waals surface area contributed by atoms with Crippen LogP contribution in [0.3, 0.4) is 0 Å². The Morgan fingerprint density at radius 2 is 2.19 bits per heavy atom. The molecule has 2 rings (SSSR count). The minimum atomic E-state index is 0.662. The molecule has 0 aliphatic heterocycles. The summed E-state index contributed by atoms with van der Waals surface area (Å²) in [7, 11) is 0. The van der Waals surface area contributed by atoms with Crippen LogP contribution in [-0.4, -0.2) is 16.6 Å². The molecule has 0 fully saturated rings. The molecule has 0 amide bonds. The summed E-state index contributed by atoms with van der Waals surface area (Å²) >= 11 is 3.38. The summed E-state index contributed by atoms with van der Waals surface area (Å²) in [6.45, 7) is 2.60. The fourth-order valence-electron chi connectivity index (χ4n) is 1.32. The first-order chi connectivity index (χ1) is 7.79. The number of fused-ring (bicyclic) bond motifs is 1. The van der Waals surface area contributed by atoms with Crippen LogP contribution in [0.1, 0.15) is 12.6 Å². The Morgan fingerprint density at radius 1 is 1.31 bits per heavy atom. The lowest BCUT2D eigenvalue weighted by Crippen LogP contribution is -1.85. The van der Waals surface area contributed by atoms with Gasteiger partial charge in [-0.2, -0.15) is 0 Å². The van der Waals surface area contributed by atoms with Gasteiger partial charge >= 0.3 is 0 Å². The first kappa shape index (κ1) is 11.1. The third-order valence-corrected chi connectivity index (χ3v) is 2.49. The lowest BCUT2D eigenvalue weighted by Gasteiger charge is -1.99. The molecular formula is C12H11BrN2O. The molecular weight excluding hydrogens is 268 g/mol. The van der Waals surface area contributed by atoms with E-state index in [4.69, 9.17) is 4.74 Å². The summed E-state index contributed by atoms with van der Waals surface area (Å²) in [5.74, 6) is 0. The Kier molecular flexibility index (Phi) is 3.51. The highest BCUT2D eigenvalue weighted by atomic mass is 79.9. The molecule has 0 saturated heterocycles. The largest absolute Gasteiger partial charge is 0.501 e. The van der Waals surface area contributed by atoms with Gasteiger partial charge in [0.1, 0.15) is 0 Å². The van der Waals surface area contributed by atoms with Crippen LogP contribution in [0.5, 0.6) is 0 Å². The predicted octanol–water partition coefficient (Wildman–Crippen LogP) is 3.40. The zero-order chi connectivity index (χ0) is 11.4. The van der Waals surface area contributed by atoms with Crippen LogP contribution in [0.25, 0.3) is 17.0 Å². The first-order valence-corrected chi connectivity index (χ1v) is 5.78. The van der Waals surface area contributed by atoms with E-state index >= 15 is 0 Å². The van der Waals surface area contributed by atoms with Crippen LogP contribution in [0.4, 0.5) is 0 Å². The van der Waals surface area contributed by atoms with Gasteiger partial charge in [-0.15, -0.1) is 0 Å². The number of ether oxygens (including phenoxy) is 1. The van der Waals surface area contributed by atoms with E-state index < -0.39 is 0 Å². The van der Waals surface area contributed by atoms with Gasteiger partial charge in [-0.3, -0.25) is 9.97 Å². The molecule has 0 bridgehead atoms. The molecule has 3 nitrogen and oxygen atoms in total. The number of halogens is 1. The van der Waals surface area contributed by atoms with Crippen molar-refractivity contribution in [1.82, 2.24) is 9.97 Å². The second-order valence-electron chi connectivity index (χ2n) is 3.21. The molecule has 2 heterocycles. The Morgan fingerprint density at radius 3 is 3.00 bits per heavy atom. The van der Waals surface area contributed by atoms with Gasteiger partial charge in [-0.1, -0.05) is 0 Å². The van der Waals surface area contributed by atoms with E-state index in [9.17, 15) is 0 Å². The molecule has 0 radical (unpaired) electrons. The lowest BCUT2D eigenvalue weighted by molar-refractivity contribution is 0.272. The SMILES string of the molecule is CCOC=Cc1cc2ncc(Br)cc2cn1. The summed E-state index contributed by atoms with van der Waals surface area (Å²) < 4.78 is 6.08. The van der Waals surface area contributed by atoms with Gasteiger partial charge in [0, 0.05) is 22.3 Å². The third-order valence-electron chi connectivity index (χ3n) is 2.06. The van der Waals surface area contributed by atoms with Crippen molar-refractivity contribution in [3.8, 4) is 0 Å². The molecule has 16 heavy (non-hydrogen) atoms. The van der Waals surface area contributed by atoms with Crippen molar-refractivity contribution < 1.29 is 4.74 Å². The highest BCUT2D eigenvalue weighted by Gasteiger charge is 1.97. The smallest absolute Gasteiger partial charge is 0.0850 e. The Hall–Kier alpha value is -1.42. The predicted molar refractivity (Wildman–Crippen MR) is 67.9 cm³/mol. The normalized spacial score (nSPS) is 11.1. The maximum absolute atomic E-state index is 5.12. The molecule has 2 aromatic heterocycles. The summed E-state index contributed by atoms with van der Waals surface area (Å²) in [6.07, 6.45) is 7.05. The summed E-state index contributed by atoms with van der Waals surface area (Å²) in [4.78, 5) is 8.60. The molecule has 0 saturated carbocycles. The van der Waals surface area contributed by atoms with Gasteiger partial charge in [0.2, 0.25) is 0 Å². The highest BCUT2D eigenvalue weighted by Crippen LogP contribution is 2.17. The molecule has 82 valence electrons. The highest BCUT2D eigenvalue weighted by molar-refractivity contribution is 9.10. The monoisotopic (exact) mass is 278 g/mol. The van der Waals surface area contributed by atoms with Crippen LogP contribution >= 0.6 is 15.9 Å². The van der Waals surface area contributed by atoms with Crippen LogP contribution in [0, 0.1) is 0 Å². The zero-order valence-corrected chi connectivity index (χ0v) is 10.4. The van der Waals surface area contributed by atoms with Crippen LogP contribution < -0.4 is 0 Å². The molecule has 0 aliphatic rings. The summed E-state index contributed by atoms with van der Waals surface area (Å²) in [5, 5.41) is 1.02. The van der Waals surface area contributed by atoms with Crippen LogP contribution in [0.2, 0.25) is 0 Å². The van der Waals surface area contributed by atoms with E-state index in [0.29, 0.717) is 6.61 Å². The van der Waals surface area contributed by atoms with E-state index in [1.54, 1.807) is 18.7 Å². The summed E-state index contributed by atoms with van der Waals surface area (Å²) in [5.41, 5.74) is 1.77. The molecule has 2 aromatic rings. The second-order valence-corrected chi connectivity index (χ2v) is 4.13. The molecule has 0 aromatic carbocycles.